The molecule has 1 aromatic heterocycles. The number of rotatable bonds is 4. The van der Waals surface area contributed by atoms with Gasteiger partial charge in [-0.3, -0.25) is 0 Å². The fraction of sp³-hybridized carbons (Fsp3) is 0.412. The highest BCUT2D eigenvalue weighted by Crippen LogP contribution is 2.29. The number of thiazole rings is 1. The quantitative estimate of drug-likeness (QED) is 0.910. The number of amides is 2. The van der Waals surface area contributed by atoms with E-state index in [0.717, 1.165) is 36.6 Å². The lowest BCUT2D eigenvalue weighted by molar-refractivity contribution is 0.220. The van der Waals surface area contributed by atoms with Crippen molar-refractivity contribution >= 4 is 28.7 Å². The first-order chi connectivity index (χ1) is 11.6. The molecule has 128 valence electrons. The molecule has 0 aliphatic carbocycles. The van der Waals surface area contributed by atoms with Crippen LogP contribution in [-0.2, 0) is 6.54 Å². The number of halogens is 1. The van der Waals surface area contributed by atoms with Crippen LogP contribution in [0.2, 0.25) is 0 Å². The van der Waals surface area contributed by atoms with E-state index in [1.165, 1.54) is 29.9 Å². The normalized spacial score (nSPS) is 14.5. The number of hydrogen-bond acceptors (Lipinski definition) is 4. The van der Waals surface area contributed by atoms with Crippen molar-refractivity contribution in [3.8, 4) is 0 Å². The molecular weight excluding hydrogens is 327 g/mol. The van der Waals surface area contributed by atoms with Gasteiger partial charge in [-0.1, -0.05) is 0 Å². The van der Waals surface area contributed by atoms with E-state index >= 15 is 0 Å². The Morgan fingerprint density at radius 2 is 2.17 bits per heavy atom. The zero-order chi connectivity index (χ0) is 16.9. The molecule has 2 aromatic rings. The molecule has 1 N–H and O–H groups in total. The number of urea groups is 1. The SMILES string of the molecule is CN(Cc1nccs1)C(=O)Nc1cc(F)ccc1N1CCCCC1. The second-order valence-corrected chi connectivity index (χ2v) is 6.90. The molecule has 0 unspecified atom stereocenters. The smallest absolute Gasteiger partial charge is 0.322 e. The number of nitrogens with one attached hydrogen (secondary N) is 1. The summed E-state index contributed by atoms with van der Waals surface area (Å²) >= 11 is 1.50. The Labute approximate surface area is 145 Å². The molecule has 0 atom stereocenters. The third-order valence-electron chi connectivity index (χ3n) is 4.10. The topological polar surface area (TPSA) is 48.5 Å². The van der Waals surface area contributed by atoms with Crippen molar-refractivity contribution in [1.29, 1.82) is 0 Å². The third kappa shape index (κ3) is 4.03. The number of benzene rings is 1. The molecular formula is C17H21FN4OS. The second-order valence-electron chi connectivity index (χ2n) is 5.92. The third-order valence-corrected chi connectivity index (χ3v) is 4.86. The maximum absolute atomic E-state index is 13.7. The largest absolute Gasteiger partial charge is 0.370 e. The zero-order valence-electron chi connectivity index (χ0n) is 13.7. The van der Waals surface area contributed by atoms with Crippen LogP contribution in [0.5, 0.6) is 0 Å². The minimum atomic E-state index is -0.353. The van der Waals surface area contributed by atoms with E-state index in [4.69, 9.17) is 0 Å². The number of piperidine rings is 1. The Balaban J connectivity index is 1.73. The molecule has 1 aliphatic heterocycles. The molecule has 0 bridgehead atoms. The van der Waals surface area contributed by atoms with Gasteiger partial charge in [0.2, 0.25) is 0 Å². The lowest BCUT2D eigenvalue weighted by atomic mass is 10.1. The molecule has 7 heteroatoms. The van der Waals surface area contributed by atoms with E-state index in [1.807, 2.05) is 5.38 Å². The first kappa shape index (κ1) is 16.7. The van der Waals surface area contributed by atoms with Crippen molar-refractivity contribution in [3.63, 3.8) is 0 Å². The molecule has 0 radical (unpaired) electrons. The summed E-state index contributed by atoms with van der Waals surface area (Å²) in [6.07, 6.45) is 5.17. The summed E-state index contributed by atoms with van der Waals surface area (Å²) in [6.45, 7) is 2.30. The predicted molar refractivity (Wildman–Crippen MR) is 95.1 cm³/mol. The lowest BCUT2D eigenvalue weighted by Crippen LogP contribution is -2.33. The van der Waals surface area contributed by atoms with Crippen LogP contribution in [0, 0.1) is 5.82 Å². The van der Waals surface area contributed by atoms with Gasteiger partial charge in [-0.2, -0.15) is 0 Å². The number of carbonyl (C=O) groups excluding carboxylic acids is 1. The predicted octanol–water partition coefficient (Wildman–Crippen LogP) is 3.94. The Kier molecular flexibility index (Phi) is 5.30. The lowest BCUT2D eigenvalue weighted by Gasteiger charge is -2.31. The van der Waals surface area contributed by atoms with Gasteiger partial charge in [0.1, 0.15) is 10.8 Å². The van der Waals surface area contributed by atoms with Crippen LogP contribution in [0.1, 0.15) is 24.3 Å². The van der Waals surface area contributed by atoms with Gasteiger partial charge in [0.25, 0.3) is 0 Å². The maximum atomic E-state index is 13.7. The van der Waals surface area contributed by atoms with Gasteiger partial charge in [-0.15, -0.1) is 11.3 Å². The molecule has 0 spiro atoms. The summed E-state index contributed by atoms with van der Waals surface area (Å²) in [5.41, 5.74) is 1.40. The van der Waals surface area contributed by atoms with E-state index in [0.29, 0.717) is 12.2 Å². The Morgan fingerprint density at radius 3 is 2.88 bits per heavy atom. The molecule has 1 aromatic carbocycles. The number of hydrogen-bond donors (Lipinski definition) is 1. The molecule has 2 amide bonds. The van der Waals surface area contributed by atoms with Crippen molar-refractivity contribution in [2.45, 2.75) is 25.8 Å². The first-order valence-electron chi connectivity index (χ1n) is 8.08. The van der Waals surface area contributed by atoms with Gasteiger partial charge in [0.05, 0.1) is 17.9 Å². The van der Waals surface area contributed by atoms with Crippen LogP contribution in [0.4, 0.5) is 20.6 Å². The van der Waals surface area contributed by atoms with Crippen LogP contribution in [0.25, 0.3) is 0 Å². The standard InChI is InChI=1S/C17H21FN4OS/c1-21(12-16-19-7-10-24-16)17(23)20-14-11-13(18)5-6-15(14)22-8-3-2-4-9-22/h5-7,10-11H,2-4,8-9,12H2,1H3,(H,20,23). The number of nitrogens with zero attached hydrogens (tertiary/aromatic N) is 3. The maximum Gasteiger partial charge on any atom is 0.322 e. The van der Waals surface area contributed by atoms with Crippen molar-refractivity contribution in [2.24, 2.45) is 0 Å². The summed E-state index contributed by atoms with van der Waals surface area (Å²) in [5, 5.41) is 5.58. The number of carbonyl (C=O) groups is 1. The second kappa shape index (κ2) is 7.61. The van der Waals surface area contributed by atoms with Gasteiger partial charge >= 0.3 is 6.03 Å². The Hall–Kier alpha value is -2.15. The highest BCUT2D eigenvalue weighted by atomic mass is 32.1. The molecule has 1 fully saturated rings. The molecule has 1 aliphatic rings. The number of anilines is 2. The van der Waals surface area contributed by atoms with Gasteiger partial charge < -0.3 is 15.1 Å². The molecule has 3 rings (SSSR count). The molecule has 0 saturated carbocycles. The monoisotopic (exact) mass is 348 g/mol. The summed E-state index contributed by atoms with van der Waals surface area (Å²) in [5.74, 6) is -0.353. The van der Waals surface area contributed by atoms with Crippen molar-refractivity contribution in [1.82, 2.24) is 9.88 Å². The summed E-state index contributed by atoms with van der Waals surface area (Å²) in [4.78, 5) is 20.4. The number of aromatic nitrogens is 1. The van der Waals surface area contributed by atoms with E-state index in [9.17, 15) is 9.18 Å². The van der Waals surface area contributed by atoms with Crippen LogP contribution in [0.15, 0.2) is 29.8 Å². The molecule has 1 saturated heterocycles. The van der Waals surface area contributed by atoms with Crippen LogP contribution < -0.4 is 10.2 Å². The fourth-order valence-corrected chi connectivity index (χ4v) is 3.50. The average Bonchev–Trinajstić information content (AvgIpc) is 3.08. The van der Waals surface area contributed by atoms with Crippen molar-refractivity contribution in [2.75, 3.05) is 30.4 Å². The Bertz CT molecular complexity index is 686. The van der Waals surface area contributed by atoms with Crippen molar-refractivity contribution in [3.05, 3.63) is 40.6 Å². The van der Waals surface area contributed by atoms with Gasteiger partial charge in [-0.25, -0.2) is 14.2 Å². The summed E-state index contributed by atoms with van der Waals surface area (Å²) in [6, 6.07) is 4.31. The van der Waals surface area contributed by atoms with E-state index in [-0.39, 0.29) is 11.8 Å². The van der Waals surface area contributed by atoms with Gasteiger partial charge in [0.15, 0.2) is 0 Å². The minimum absolute atomic E-state index is 0.269. The van der Waals surface area contributed by atoms with Gasteiger partial charge in [0, 0.05) is 31.7 Å². The van der Waals surface area contributed by atoms with E-state index < -0.39 is 0 Å². The molecule has 5 nitrogen and oxygen atoms in total. The first-order valence-corrected chi connectivity index (χ1v) is 8.96. The highest BCUT2D eigenvalue weighted by molar-refractivity contribution is 7.09. The zero-order valence-corrected chi connectivity index (χ0v) is 14.5. The van der Waals surface area contributed by atoms with Crippen LogP contribution in [-0.4, -0.2) is 36.1 Å². The van der Waals surface area contributed by atoms with Crippen molar-refractivity contribution < 1.29 is 9.18 Å². The fourth-order valence-electron chi connectivity index (χ4n) is 2.84. The van der Waals surface area contributed by atoms with Crippen LogP contribution >= 0.6 is 11.3 Å². The summed E-state index contributed by atoms with van der Waals surface area (Å²) < 4.78 is 13.7. The minimum Gasteiger partial charge on any atom is -0.370 e. The van der Waals surface area contributed by atoms with E-state index in [1.54, 1.807) is 24.2 Å². The molecule has 24 heavy (non-hydrogen) atoms. The molecule has 2 heterocycles. The summed E-state index contributed by atoms with van der Waals surface area (Å²) in [7, 11) is 1.70. The Morgan fingerprint density at radius 1 is 1.38 bits per heavy atom. The highest BCUT2D eigenvalue weighted by Gasteiger charge is 2.18. The van der Waals surface area contributed by atoms with E-state index in [2.05, 4.69) is 15.2 Å². The van der Waals surface area contributed by atoms with Crippen LogP contribution in [0.3, 0.4) is 0 Å². The average molecular weight is 348 g/mol. The van der Waals surface area contributed by atoms with Gasteiger partial charge in [-0.05, 0) is 37.5 Å².